The van der Waals surface area contributed by atoms with E-state index in [0.717, 1.165) is 26.2 Å². The van der Waals surface area contributed by atoms with Crippen LogP contribution in [0.15, 0.2) is 18.2 Å². The van der Waals surface area contributed by atoms with Crippen LogP contribution < -0.4 is 4.90 Å². The number of rotatable bonds is 1. The molecule has 0 unspecified atom stereocenters. The summed E-state index contributed by atoms with van der Waals surface area (Å²) in [4.78, 5) is 4.53. The van der Waals surface area contributed by atoms with E-state index in [-0.39, 0.29) is 0 Å². The Morgan fingerprint density at radius 2 is 1.82 bits per heavy atom. The van der Waals surface area contributed by atoms with E-state index in [1.54, 1.807) is 0 Å². The Morgan fingerprint density at radius 1 is 1.18 bits per heavy atom. The summed E-state index contributed by atoms with van der Waals surface area (Å²) in [5.41, 5.74) is 4.07. The molecule has 1 aromatic rings. The van der Waals surface area contributed by atoms with E-state index in [4.69, 9.17) is 24.8 Å². The number of hydrogen-bond donors (Lipinski definition) is 0. The van der Waals surface area contributed by atoms with Crippen LogP contribution in [0, 0.1) is 13.8 Å². The molecule has 0 amide bonds. The Kier molecular flexibility index (Phi) is 3.84. The number of nitrogens with zero attached hydrogens (tertiary/aromatic N) is 2. The Labute approximate surface area is 114 Å². The lowest BCUT2D eigenvalue weighted by Gasteiger charge is -2.39. The summed E-state index contributed by atoms with van der Waals surface area (Å²) < 4.78 is 0.602. The van der Waals surface area contributed by atoms with Gasteiger partial charge in [-0.25, -0.2) is 0 Å². The predicted octanol–water partition coefficient (Wildman–Crippen LogP) is 2.26. The second-order valence-electron chi connectivity index (χ2n) is 4.46. The number of thiocarbonyl (C=S) groups is 1. The van der Waals surface area contributed by atoms with Gasteiger partial charge in [0, 0.05) is 31.9 Å². The highest BCUT2D eigenvalue weighted by molar-refractivity contribution is 8.00. The lowest BCUT2D eigenvalue weighted by molar-refractivity contribution is 0.397. The third kappa shape index (κ3) is 2.69. The van der Waals surface area contributed by atoms with Crippen molar-refractivity contribution in [2.75, 3.05) is 31.1 Å². The summed E-state index contributed by atoms with van der Waals surface area (Å²) in [6, 6.07) is 6.49. The minimum atomic E-state index is 0.602. The highest BCUT2D eigenvalue weighted by atomic mass is 32.1. The molecule has 1 fully saturated rings. The van der Waals surface area contributed by atoms with Crippen LogP contribution in [-0.2, 0) is 12.6 Å². The molecule has 0 atom stereocenters. The fourth-order valence-corrected chi connectivity index (χ4v) is 2.57. The smallest absolute Gasteiger partial charge is 0.0399 e. The predicted molar refractivity (Wildman–Crippen MR) is 79.7 cm³/mol. The summed E-state index contributed by atoms with van der Waals surface area (Å²) in [5, 5.41) is 0. The average molecular weight is 265 g/mol. The molecular formula is C13H17N2S2-. The van der Waals surface area contributed by atoms with Crippen LogP contribution in [0.2, 0.25) is 0 Å². The minimum Gasteiger partial charge on any atom is -0.411 e. The first-order valence-electron chi connectivity index (χ1n) is 5.86. The quantitative estimate of drug-likeness (QED) is 0.567. The van der Waals surface area contributed by atoms with Crippen LogP contribution in [0.1, 0.15) is 11.1 Å². The number of benzene rings is 1. The van der Waals surface area contributed by atoms with Crippen LogP contribution in [0.3, 0.4) is 0 Å². The molecule has 1 aliphatic rings. The van der Waals surface area contributed by atoms with Crippen molar-refractivity contribution in [3.63, 3.8) is 0 Å². The molecule has 0 radical (unpaired) electrons. The van der Waals surface area contributed by atoms with Gasteiger partial charge in [-0.05, 0) is 31.0 Å². The SMILES string of the molecule is Cc1cccc(N2CCN(C(=S)[S-])CC2)c1C. The van der Waals surface area contributed by atoms with Crippen molar-refractivity contribution < 1.29 is 0 Å². The zero-order chi connectivity index (χ0) is 12.4. The van der Waals surface area contributed by atoms with E-state index in [1.165, 1.54) is 16.8 Å². The first kappa shape index (κ1) is 12.6. The Bertz CT molecular complexity index is 423. The molecule has 1 aromatic carbocycles. The Balaban J connectivity index is 2.10. The highest BCUT2D eigenvalue weighted by Gasteiger charge is 2.17. The second-order valence-corrected chi connectivity index (χ2v) is 5.49. The Morgan fingerprint density at radius 3 is 2.41 bits per heavy atom. The van der Waals surface area contributed by atoms with Gasteiger partial charge in [0.05, 0.1) is 0 Å². The first-order valence-corrected chi connectivity index (χ1v) is 6.68. The van der Waals surface area contributed by atoms with E-state index in [0.29, 0.717) is 4.32 Å². The van der Waals surface area contributed by atoms with E-state index in [1.807, 2.05) is 0 Å². The van der Waals surface area contributed by atoms with Gasteiger partial charge in [0.2, 0.25) is 0 Å². The van der Waals surface area contributed by atoms with Gasteiger partial charge in [0.15, 0.2) is 0 Å². The minimum absolute atomic E-state index is 0.602. The van der Waals surface area contributed by atoms with Gasteiger partial charge in [-0.1, -0.05) is 16.5 Å². The molecule has 92 valence electrons. The third-order valence-electron chi connectivity index (χ3n) is 3.45. The largest absolute Gasteiger partial charge is 0.411 e. The van der Waals surface area contributed by atoms with Gasteiger partial charge in [-0.2, -0.15) is 0 Å². The van der Waals surface area contributed by atoms with Crippen molar-refractivity contribution in [1.82, 2.24) is 4.90 Å². The number of hydrogen-bond acceptors (Lipinski definition) is 3. The van der Waals surface area contributed by atoms with Crippen LogP contribution in [-0.4, -0.2) is 35.4 Å². The van der Waals surface area contributed by atoms with Crippen molar-refractivity contribution >= 4 is 34.9 Å². The van der Waals surface area contributed by atoms with Crippen molar-refractivity contribution in [2.24, 2.45) is 0 Å². The molecule has 0 aliphatic carbocycles. The molecule has 0 spiro atoms. The molecule has 0 bridgehead atoms. The lowest BCUT2D eigenvalue weighted by atomic mass is 10.1. The topological polar surface area (TPSA) is 6.48 Å². The van der Waals surface area contributed by atoms with Gasteiger partial charge < -0.3 is 34.6 Å². The highest BCUT2D eigenvalue weighted by Crippen LogP contribution is 2.23. The number of piperazine rings is 1. The third-order valence-corrected chi connectivity index (χ3v) is 3.97. The zero-order valence-corrected chi connectivity index (χ0v) is 11.9. The summed E-state index contributed by atoms with van der Waals surface area (Å²) in [7, 11) is 0. The maximum atomic E-state index is 5.04. The molecule has 0 N–H and O–H groups in total. The van der Waals surface area contributed by atoms with E-state index >= 15 is 0 Å². The zero-order valence-electron chi connectivity index (χ0n) is 10.3. The maximum Gasteiger partial charge on any atom is 0.0399 e. The van der Waals surface area contributed by atoms with Crippen LogP contribution in [0.4, 0.5) is 5.69 Å². The maximum absolute atomic E-state index is 5.04. The Hall–Kier alpha value is -0.870. The molecule has 2 nitrogen and oxygen atoms in total. The molecule has 1 heterocycles. The monoisotopic (exact) mass is 265 g/mol. The number of aryl methyl sites for hydroxylation is 1. The molecule has 17 heavy (non-hydrogen) atoms. The van der Waals surface area contributed by atoms with Crippen molar-refractivity contribution in [2.45, 2.75) is 13.8 Å². The standard InChI is InChI=1S/C13H18N2S2/c1-10-4-3-5-12(11(10)2)14-6-8-15(9-7-14)13(16)17/h3-5H,6-9H2,1-2H3,(H,16,17)/p-1. The normalized spacial score (nSPS) is 16.1. The van der Waals surface area contributed by atoms with E-state index in [2.05, 4.69) is 41.8 Å². The van der Waals surface area contributed by atoms with Gasteiger partial charge in [-0.3, -0.25) is 0 Å². The molecule has 1 saturated heterocycles. The summed E-state index contributed by atoms with van der Waals surface area (Å²) in [6.45, 7) is 8.23. The van der Waals surface area contributed by atoms with Gasteiger partial charge in [-0.15, -0.1) is 0 Å². The second kappa shape index (κ2) is 5.19. The lowest BCUT2D eigenvalue weighted by Crippen LogP contribution is -2.48. The average Bonchev–Trinajstić information content (AvgIpc) is 2.33. The van der Waals surface area contributed by atoms with E-state index < -0.39 is 0 Å². The van der Waals surface area contributed by atoms with Crippen LogP contribution in [0.25, 0.3) is 0 Å². The van der Waals surface area contributed by atoms with Crippen molar-refractivity contribution in [1.29, 1.82) is 0 Å². The molecular weight excluding hydrogens is 248 g/mol. The van der Waals surface area contributed by atoms with Crippen LogP contribution >= 0.6 is 12.2 Å². The summed E-state index contributed by atoms with van der Waals surface area (Å²) >= 11 is 10.1. The van der Waals surface area contributed by atoms with Crippen molar-refractivity contribution in [3.8, 4) is 0 Å². The first-order chi connectivity index (χ1) is 8.09. The van der Waals surface area contributed by atoms with Crippen molar-refractivity contribution in [3.05, 3.63) is 29.3 Å². The molecule has 1 aliphatic heterocycles. The van der Waals surface area contributed by atoms with Crippen LogP contribution in [0.5, 0.6) is 0 Å². The molecule has 4 heteroatoms. The van der Waals surface area contributed by atoms with Gasteiger partial charge in [0.25, 0.3) is 0 Å². The molecule has 0 saturated carbocycles. The van der Waals surface area contributed by atoms with Gasteiger partial charge >= 0.3 is 0 Å². The fourth-order valence-electron chi connectivity index (χ4n) is 2.21. The number of anilines is 1. The summed E-state index contributed by atoms with van der Waals surface area (Å²) in [6.07, 6.45) is 0. The summed E-state index contributed by atoms with van der Waals surface area (Å²) in [5.74, 6) is 0. The molecule has 0 aromatic heterocycles. The fraction of sp³-hybridized carbons (Fsp3) is 0.462. The molecule has 2 rings (SSSR count). The van der Waals surface area contributed by atoms with Gasteiger partial charge in [0.1, 0.15) is 0 Å². The van der Waals surface area contributed by atoms with E-state index in [9.17, 15) is 0 Å².